The summed E-state index contributed by atoms with van der Waals surface area (Å²) in [5.74, 6) is 0.643. The van der Waals surface area contributed by atoms with Crippen molar-refractivity contribution in [3.63, 3.8) is 0 Å². The van der Waals surface area contributed by atoms with Gasteiger partial charge in [0.2, 0.25) is 0 Å². The molecule has 4 heteroatoms. The Hall–Kier alpha value is -0.900. The SMILES string of the molecule is CC1CC1(N)Cn1cnnc1. The Labute approximate surface area is 65.4 Å². The van der Waals surface area contributed by atoms with Crippen LogP contribution in [-0.2, 0) is 6.54 Å². The molecule has 0 saturated heterocycles. The van der Waals surface area contributed by atoms with Crippen molar-refractivity contribution in [1.82, 2.24) is 14.8 Å². The van der Waals surface area contributed by atoms with Crippen LogP contribution in [0.25, 0.3) is 0 Å². The highest BCUT2D eigenvalue weighted by atomic mass is 15.2. The molecule has 0 aliphatic heterocycles. The Balaban J connectivity index is 2.02. The van der Waals surface area contributed by atoms with Gasteiger partial charge >= 0.3 is 0 Å². The molecule has 2 rings (SSSR count). The first-order valence-corrected chi connectivity index (χ1v) is 3.82. The minimum Gasteiger partial charge on any atom is -0.323 e. The largest absolute Gasteiger partial charge is 0.323 e. The van der Waals surface area contributed by atoms with E-state index < -0.39 is 0 Å². The Kier molecular flexibility index (Phi) is 1.26. The van der Waals surface area contributed by atoms with Crippen molar-refractivity contribution in [2.75, 3.05) is 0 Å². The third kappa shape index (κ3) is 1.14. The summed E-state index contributed by atoms with van der Waals surface area (Å²) >= 11 is 0. The van der Waals surface area contributed by atoms with E-state index in [9.17, 15) is 0 Å². The van der Waals surface area contributed by atoms with Gasteiger partial charge in [0.15, 0.2) is 0 Å². The molecule has 0 bridgehead atoms. The molecule has 1 aliphatic carbocycles. The maximum absolute atomic E-state index is 6.00. The molecule has 2 N–H and O–H groups in total. The lowest BCUT2D eigenvalue weighted by atomic mass is 10.2. The molecule has 0 amide bonds. The van der Waals surface area contributed by atoms with Crippen molar-refractivity contribution >= 4 is 0 Å². The predicted octanol–water partition coefficient (Wildman–Crippen LogP) is 0.0154. The minimum absolute atomic E-state index is 0.0162. The zero-order valence-electron chi connectivity index (χ0n) is 6.57. The van der Waals surface area contributed by atoms with E-state index in [0.717, 1.165) is 13.0 Å². The van der Waals surface area contributed by atoms with Crippen molar-refractivity contribution in [3.05, 3.63) is 12.7 Å². The van der Waals surface area contributed by atoms with E-state index in [1.165, 1.54) is 0 Å². The lowest BCUT2D eigenvalue weighted by Gasteiger charge is -2.08. The number of hydrogen-bond acceptors (Lipinski definition) is 3. The third-order valence-electron chi connectivity index (χ3n) is 2.45. The smallest absolute Gasteiger partial charge is 0.119 e. The molecule has 1 aromatic heterocycles. The van der Waals surface area contributed by atoms with Gasteiger partial charge in [-0.1, -0.05) is 6.92 Å². The number of aromatic nitrogens is 3. The van der Waals surface area contributed by atoms with E-state index in [2.05, 4.69) is 17.1 Å². The molecule has 4 nitrogen and oxygen atoms in total. The van der Waals surface area contributed by atoms with E-state index in [4.69, 9.17) is 5.73 Å². The van der Waals surface area contributed by atoms with Crippen molar-refractivity contribution in [1.29, 1.82) is 0 Å². The molecular weight excluding hydrogens is 140 g/mol. The molecular formula is C7H12N4. The maximum atomic E-state index is 6.00. The van der Waals surface area contributed by atoms with Gasteiger partial charge in [-0.15, -0.1) is 10.2 Å². The molecule has 0 aromatic carbocycles. The average molecular weight is 152 g/mol. The maximum Gasteiger partial charge on any atom is 0.119 e. The molecule has 2 atom stereocenters. The molecule has 1 fully saturated rings. The summed E-state index contributed by atoms with van der Waals surface area (Å²) in [6.07, 6.45) is 4.53. The van der Waals surface area contributed by atoms with Crippen molar-refractivity contribution in [2.24, 2.45) is 11.7 Å². The minimum atomic E-state index is 0.0162. The van der Waals surface area contributed by atoms with Gasteiger partial charge in [0.25, 0.3) is 0 Å². The van der Waals surface area contributed by atoms with Crippen LogP contribution in [0.15, 0.2) is 12.7 Å². The van der Waals surface area contributed by atoms with Gasteiger partial charge in [0, 0.05) is 12.1 Å². The van der Waals surface area contributed by atoms with Crippen LogP contribution in [0.2, 0.25) is 0 Å². The van der Waals surface area contributed by atoms with Crippen LogP contribution in [0.3, 0.4) is 0 Å². The van der Waals surface area contributed by atoms with E-state index in [1.54, 1.807) is 12.7 Å². The highest BCUT2D eigenvalue weighted by Gasteiger charge is 2.47. The predicted molar refractivity (Wildman–Crippen MR) is 40.7 cm³/mol. The van der Waals surface area contributed by atoms with Gasteiger partial charge < -0.3 is 10.3 Å². The quantitative estimate of drug-likeness (QED) is 0.649. The summed E-state index contributed by atoms with van der Waals surface area (Å²) in [5, 5.41) is 7.43. The van der Waals surface area contributed by atoms with Crippen LogP contribution in [-0.4, -0.2) is 20.3 Å². The van der Waals surface area contributed by atoms with Crippen LogP contribution in [0.5, 0.6) is 0 Å². The standard InChI is InChI=1S/C7H12N4/c1-6-2-7(6,8)3-11-4-9-10-5-11/h4-6H,2-3,8H2,1H3. The van der Waals surface area contributed by atoms with Crippen LogP contribution in [0.4, 0.5) is 0 Å². The second kappa shape index (κ2) is 2.04. The Bertz CT molecular complexity index is 243. The first-order valence-electron chi connectivity index (χ1n) is 3.82. The molecule has 0 spiro atoms. The number of nitrogens with zero attached hydrogens (tertiary/aromatic N) is 3. The highest BCUT2D eigenvalue weighted by molar-refractivity contribution is 5.05. The fourth-order valence-electron chi connectivity index (χ4n) is 1.38. The monoisotopic (exact) mass is 152 g/mol. The fourth-order valence-corrected chi connectivity index (χ4v) is 1.38. The van der Waals surface area contributed by atoms with Gasteiger partial charge in [-0.3, -0.25) is 0 Å². The van der Waals surface area contributed by atoms with Crippen LogP contribution >= 0.6 is 0 Å². The Morgan fingerprint density at radius 2 is 2.18 bits per heavy atom. The Morgan fingerprint density at radius 1 is 1.64 bits per heavy atom. The van der Waals surface area contributed by atoms with Crippen LogP contribution < -0.4 is 5.73 Å². The van der Waals surface area contributed by atoms with Gasteiger partial charge in [0.1, 0.15) is 12.7 Å². The van der Waals surface area contributed by atoms with Gasteiger partial charge in [-0.2, -0.15) is 0 Å². The van der Waals surface area contributed by atoms with E-state index in [0.29, 0.717) is 5.92 Å². The van der Waals surface area contributed by atoms with Crippen LogP contribution in [0.1, 0.15) is 13.3 Å². The van der Waals surface area contributed by atoms with Crippen molar-refractivity contribution in [3.8, 4) is 0 Å². The molecule has 1 aromatic rings. The second-order valence-corrected chi connectivity index (χ2v) is 3.47. The number of hydrogen-bond donors (Lipinski definition) is 1. The molecule has 0 radical (unpaired) electrons. The van der Waals surface area contributed by atoms with Gasteiger partial charge in [0.05, 0.1) is 0 Å². The van der Waals surface area contributed by atoms with Gasteiger partial charge in [-0.05, 0) is 12.3 Å². The highest BCUT2D eigenvalue weighted by Crippen LogP contribution is 2.41. The summed E-state index contributed by atoms with van der Waals surface area (Å²) in [6, 6.07) is 0. The Morgan fingerprint density at radius 3 is 2.64 bits per heavy atom. The van der Waals surface area contributed by atoms with E-state index in [1.807, 2.05) is 4.57 Å². The summed E-state index contributed by atoms with van der Waals surface area (Å²) < 4.78 is 1.93. The number of nitrogens with two attached hydrogens (primary N) is 1. The zero-order valence-corrected chi connectivity index (χ0v) is 6.57. The molecule has 1 saturated carbocycles. The molecule has 60 valence electrons. The summed E-state index contributed by atoms with van der Waals surface area (Å²) in [6.45, 7) is 3.02. The van der Waals surface area contributed by atoms with Crippen molar-refractivity contribution in [2.45, 2.75) is 25.4 Å². The topological polar surface area (TPSA) is 56.7 Å². The van der Waals surface area contributed by atoms with E-state index in [-0.39, 0.29) is 5.54 Å². The van der Waals surface area contributed by atoms with Gasteiger partial charge in [-0.25, -0.2) is 0 Å². The lowest BCUT2D eigenvalue weighted by Crippen LogP contribution is -2.29. The zero-order chi connectivity index (χ0) is 7.90. The lowest BCUT2D eigenvalue weighted by molar-refractivity contribution is 0.508. The second-order valence-electron chi connectivity index (χ2n) is 3.47. The summed E-state index contributed by atoms with van der Waals surface area (Å²) in [4.78, 5) is 0. The molecule has 1 heterocycles. The summed E-state index contributed by atoms with van der Waals surface area (Å²) in [5.41, 5.74) is 6.02. The third-order valence-corrected chi connectivity index (χ3v) is 2.45. The first kappa shape index (κ1) is 6.79. The van der Waals surface area contributed by atoms with E-state index >= 15 is 0 Å². The van der Waals surface area contributed by atoms with Crippen LogP contribution in [0, 0.1) is 5.92 Å². The molecule has 1 aliphatic rings. The number of rotatable bonds is 2. The first-order chi connectivity index (χ1) is 5.21. The van der Waals surface area contributed by atoms with Crippen molar-refractivity contribution < 1.29 is 0 Å². The molecule has 11 heavy (non-hydrogen) atoms. The fraction of sp³-hybridized carbons (Fsp3) is 0.714. The average Bonchev–Trinajstić information content (AvgIpc) is 2.43. The molecule has 2 unspecified atom stereocenters. The summed E-state index contributed by atoms with van der Waals surface area (Å²) in [7, 11) is 0. The normalized spacial score (nSPS) is 35.6.